The minimum Gasteiger partial charge on any atom is -0.355 e. The van der Waals surface area contributed by atoms with Crippen molar-refractivity contribution in [1.82, 2.24) is 10.2 Å². The van der Waals surface area contributed by atoms with Crippen LogP contribution in [-0.2, 0) is 14.6 Å². The highest BCUT2D eigenvalue weighted by atomic mass is 79.9. The van der Waals surface area contributed by atoms with Gasteiger partial charge in [-0.25, -0.2) is 8.42 Å². The lowest BCUT2D eigenvalue weighted by molar-refractivity contribution is -0.126. The molecule has 0 aromatic heterocycles. The van der Waals surface area contributed by atoms with Gasteiger partial charge in [0.2, 0.25) is 5.91 Å². The van der Waals surface area contributed by atoms with Crippen LogP contribution < -0.4 is 5.32 Å². The number of hydrogen-bond acceptors (Lipinski definition) is 4. The van der Waals surface area contributed by atoms with Crippen LogP contribution in [0.2, 0.25) is 0 Å². The number of carbonyl (C=O) groups is 2. The molecule has 1 aromatic carbocycles. The van der Waals surface area contributed by atoms with Crippen LogP contribution in [0.25, 0.3) is 0 Å². The Hall–Kier alpha value is -1.41. The van der Waals surface area contributed by atoms with Crippen LogP contribution in [0.15, 0.2) is 28.7 Å². The molecular formula is C17H23BrN2O4S. The lowest BCUT2D eigenvalue weighted by Gasteiger charge is -2.31. The molecule has 1 heterocycles. The predicted molar refractivity (Wildman–Crippen MR) is 100 cm³/mol. The van der Waals surface area contributed by atoms with E-state index in [9.17, 15) is 18.0 Å². The van der Waals surface area contributed by atoms with Gasteiger partial charge in [0.1, 0.15) is 0 Å². The molecule has 0 spiro atoms. The number of sulfone groups is 1. The van der Waals surface area contributed by atoms with Gasteiger partial charge in [0, 0.05) is 41.3 Å². The SMILES string of the molecule is CCS(=O)(=O)CCNC(=O)C1CCN(C(=O)c2ccc(Br)cc2)CC1. The van der Waals surface area contributed by atoms with Crippen molar-refractivity contribution in [2.45, 2.75) is 19.8 Å². The third-order valence-corrected chi connectivity index (χ3v) is 6.63. The summed E-state index contributed by atoms with van der Waals surface area (Å²) in [5.41, 5.74) is 0.635. The molecule has 0 unspecified atom stereocenters. The molecule has 1 aliphatic heterocycles. The van der Waals surface area contributed by atoms with Crippen LogP contribution >= 0.6 is 15.9 Å². The van der Waals surface area contributed by atoms with Gasteiger partial charge in [0.15, 0.2) is 9.84 Å². The summed E-state index contributed by atoms with van der Waals surface area (Å²) >= 11 is 3.34. The number of halogens is 1. The monoisotopic (exact) mass is 430 g/mol. The van der Waals surface area contributed by atoms with Crippen molar-refractivity contribution in [1.29, 1.82) is 0 Å². The second-order valence-electron chi connectivity index (χ2n) is 6.10. The molecule has 0 saturated carbocycles. The van der Waals surface area contributed by atoms with Crippen molar-refractivity contribution in [3.63, 3.8) is 0 Å². The van der Waals surface area contributed by atoms with Crippen molar-refractivity contribution in [3.05, 3.63) is 34.3 Å². The summed E-state index contributed by atoms with van der Waals surface area (Å²) in [5.74, 6) is -0.268. The molecular weight excluding hydrogens is 408 g/mol. The first kappa shape index (κ1) is 19.9. The molecule has 0 radical (unpaired) electrons. The maximum atomic E-state index is 12.4. The summed E-state index contributed by atoms with van der Waals surface area (Å²) < 4.78 is 23.8. The van der Waals surface area contributed by atoms with Crippen molar-refractivity contribution >= 4 is 37.6 Å². The van der Waals surface area contributed by atoms with Gasteiger partial charge in [0.25, 0.3) is 5.91 Å². The van der Waals surface area contributed by atoms with Crippen molar-refractivity contribution in [2.75, 3.05) is 31.1 Å². The normalized spacial score (nSPS) is 15.8. The summed E-state index contributed by atoms with van der Waals surface area (Å²) in [7, 11) is -3.07. The number of benzene rings is 1. The van der Waals surface area contributed by atoms with E-state index in [2.05, 4.69) is 21.2 Å². The van der Waals surface area contributed by atoms with E-state index in [1.807, 2.05) is 12.1 Å². The first-order valence-electron chi connectivity index (χ1n) is 8.35. The summed E-state index contributed by atoms with van der Waals surface area (Å²) in [6.07, 6.45) is 1.18. The number of piperidine rings is 1. The van der Waals surface area contributed by atoms with Crippen LogP contribution in [0, 0.1) is 5.92 Å². The van der Waals surface area contributed by atoms with Crippen molar-refractivity contribution in [2.24, 2.45) is 5.92 Å². The minimum atomic E-state index is -3.07. The molecule has 0 atom stereocenters. The van der Waals surface area contributed by atoms with Crippen LogP contribution in [0.1, 0.15) is 30.1 Å². The van der Waals surface area contributed by atoms with Gasteiger partial charge in [0.05, 0.1) is 5.75 Å². The Labute approximate surface area is 157 Å². The van der Waals surface area contributed by atoms with Gasteiger partial charge in [-0.15, -0.1) is 0 Å². The highest BCUT2D eigenvalue weighted by Crippen LogP contribution is 2.20. The largest absolute Gasteiger partial charge is 0.355 e. The van der Waals surface area contributed by atoms with Gasteiger partial charge in [-0.05, 0) is 37.1 Å². The topological polar surface area (TPSA) is 83.6 Å². The zero-order chi connectivity index (χ0) is 18.4. The molecule has 2 rings (SSSR count). The van der Waals surface area contributed by atoms with Gasteiger partial charge in [-0.1, -0.05) is 22.9 Å². The Morgan fingerprint density at radius 2 is 1.80 bits per heavy atom. The van der Waals surface area contributed by atoms with Crippen LogP contribution in [0.4, 0.5) is 0 Å². The Kier molecular flexibility index (Phi) is 7.01. The Balaban J connectivity index is 1.79. The molecule has 1 aliphatic rings. The number of nitrogens with zero attached hydrogens (tertiary/aromatic N) is 1. The lowest BCUT2D eigenvalue weighted by atomic mass is 9.95. The summed E-state index contributed by atoms with van der Waals surface area (Å²) in [6.45, 7) is 2.79. The van der Waals surface area contributed by atoms with Gasteiger partial charge in [-0.2, -0.15) is 0 Å². The fourth-order valence-electron chi connectivity index (χ4n) is 2.74. The van der Waals surface area contributed by atoms with E-state index in [0.29, 0.717) is 31.5 Å². The smallest absolute Gasteiger partial charge is 0.253 e. The van der Waals surface area contributed by atoms with Crippen molar-refractivity contribution < 1.29 is 18.0 Å². The van der Waals surface area contributed by atoms with Gasteiger partial charge < -0.3 is 10.2 Å². The number of likely N-dealkylation sites (tertiary alicyclic amines) is 1. The second kappa shape index (κ2) is 8.80. The van der Waals surface area contributed by atoms with Gasteiger partial charge >= 0.3 is 0 Å². The number of carbonyl (C=O) groups excluding carboxylic acids is 2. The first-order chi connectivity index (χ1) is 11.8. The van der Waals surface area contributed by atoms with E-state index in [0.717, 1.165) is 4.47 Å². The van der Waals surface area contributed by atoms with E-state index in [4.69, 9.17) is 0 Å². The molecule has 1 fully saturated rings. The highest BCUT2D eigenvalue weighted by molar-refractivity contribution is 9.10. The summed E-state index contributed by atoms with van der Waals surface area (Å²) in [6, 6.07) is 7.22. The first-order valence-corrected chi connectivity index (χ1v) is 11.0. The summed E-state index contributed by atoms with van der Waals surface area (Å²) in [4.78, 5) is 26.3. The fourth-order valence-corrected chi connectivity index (χ4v) is 3.70. The van der Waals surface area contributed by atoms with E-state index in [1.165, 1.54) is 0 Å². The maximum absolute atomic E-state index is 12.4. The molecule has 1 aromatic rings. The second-order valence-corrected chi connectivity index (χ2v) is 9.49. The van der Waals surface area contributed by atoms with Crippen LogP contribution in [0.3, 0.4) is 0 Å². The third-order valence-electron chi connectivity index (χ3n) is 4.40. The van der Waals surface area contributed by atoms with Crippen LogP contribution in [0.5, 0.6) is 0 Å². The number of amides is 2. The standard InChI is InChI=1S/C17H23BrN2O4S/c1-2-25(23,24)12-9-19-16(21)13-7-10-20(11-8-13)17(22)14-3-5-15(18)6-4-14/h3-6,13H,2,7-12H2,1H3,(H,19,21). The maximum Gasteiger partial charge on any atom is 0.253 e. The number of nitrogens with one attached hydrogen (secondary N) is 1. The fraction of sp³-hybridized carbons (Fsp3) is 0.529. The number of hydrogen-bond donors (Lipinski definition) is 1. The molecule has 0 bridgehead atoms. The molecule has 25 heavy (non-hydrogen) atoms. The minimum absolute atomic E-state index is 0.0274. The van der Waals surface area contributed by atoms with E-state index >= 15 is 0 Å². The molecule has 6 nitrogen and oxygen atoms in total. The molecule has 1 N–H and O–H groups in total. The van der Waals surface area contributed by atoms with E-state index in [-0.39, 0.29) is 35.8 Å². The zero-order valence-electron chi connectivity index (χ0n) is 14.2. The van der Waals surface area contributed by atoms with E-state index < -0.39 is 9.84 Å². The molecule has 0 aliphatic carbocycles. The van der Waals surface area contributed by atoms with Gasteiger partial charge in [-0.3, -0.25) is 9.59 Å². The van der Waals surface area contributed by atoms with E-state index in [1.54, 1.807) is 24.0 Å². The Morgan fingerprint density at radius 1 is 1.20 bits per heavy atom. The summed E-state index contributed by atoms with van der Waals surface area (Å²) in [5, 5.41) is 2.70. The molecule has 1 saturated heterocycles. The average molecular weight is 431 g/mol. The third kappa shape index (κ3) is 5.81. The zero-order valence-corrected chi connectivity index (χ0v) is 16.6. The van der Waals surface area contributed by atoms with Crippen LogP contribution in [-0.4, -0.2) is 56.3 Å². The Morgan fingerprint density at radius 3 is 2.36 bits per heavy atom. The Bertz CT molecular complexity index is 711. The number of rotatable bonds is 6. The highest BCUT2D eigenvalue weighted by Gasteiger charge is 2.27. The average Bonchev–Trinajstić information content (AvgIpc) is 2.61. The molecule has 138 valence electrons. The quantitative estimate of drug-likeness (QED) is 0.746. The lowest BCUT2D eigenvalue weighted by Crippen LogP contribution is -2.43. The molecule has 8 heteroatoms. The molecule has 2 amide bonds. The van der Waals surface area contributed by atoms with Crippen molar-refractivity contribution in [3.8, 4) is 0 Å². The predicted octanol–water partition coefficient (Wildman–Crippen LogP) is 1.85.